The van der Waals surface area contributed by atoms with E-state index >= 15 is 0 Å². The zero-order chi connectivity index (χ0) is 15.4. The van der Waals surface area contributed by atoms with Crippen molar-refractivity contribution in [2.24, 2.45) is 7.05 Å². The third kappa shape index (κ3) is 3.80. The summed E-state index contributed by atoms with van der Waals surface area (Å²) < 4.78 is 1.44. The Balaban J connectivity index is 2.25. The average Bonchev–Trinajstić information content (AvgIpc) is 2.66. The third-order valence-electron chi connectivity index (χ3n) is 4.01. The maximum absolute atomic E-state index is 12.7. The van der Waals surface area contributed by atoms with Gasteiger partial charge in [-0.1, -0.05) is 12.8 Å². The monoisotopic (exact) mass is 290 g/mol. The van der Waals surface area contributed by atoms with Gasteiger partial charge in [0.1, 0.15) is 5.78 Å². The topological polar surface area (TPSA) is 59.4 Å². The zero-order valence-electron chi connectivity index (χ0n) is 12.7. The maximum Gasteiger partial charge on any atom is 0.254 e. The van der Waals surface area contributed by atoms with Crippen molar-refractivity contribution in [3.8, 4) is 0 Å². The van der Waals surface area contributed by atoms with Crippen molar-refractivity contribution >= 4 is 11.7 Å². The largest absolute Gasteiger partial charge is 0.335 e. The van der Waals surface area contributed by atoms with Crippen LogP contribution in [0.25, 0.3) is 0 Å². The number of aromatic nitrogens is 1. The van der Waals surface area contributed by atoms with Gasteiger partial charge >= 0.3 is 0 Å². The summed E-state index contributed by atoms with van der Waals surface area (Å²) in [6, 6.07) is 3.00. The Labute approximate surface area is 124 Å². The first kappa shape index (κ1) is 15.5. The molecule has 114 valence electrons. The van der Waals surface area contributed by atoms with Gasteiger partial charge in [-0.2, -0.15) is 0 Å². The molecule has 1 amide bonds. The Morgan fingerprint density at radius 1 is 1.29 bits per heavy atom. The summed E-state index contributed by atoms with van der Waals surface area (Å²) in [5.74, 6) is -0.0375. The van der Waals surface area contributed by atoms with Crippen molar-refractivity contribution in [1.29, 1.82) is 0 Å². The second-order valence-electron chi connectivity index (χ2n) is 5.77. The van der Waals surface area contributed by atoms with Crippen LogP contribution in [0.15, 0.2) is 23.1 Å². The van der Waals surface area contributed by atoms with Gasteiger partial charge in [0.15, 0.2) is 0 Å². The standard InChI is InChI=1S/C16H22N2O3/c1-12(19)10-14-6-4-3-5-8-18(14)16(21)13-7-9-17(2)15(20)11-13/h7,9,11,14H,3-6,8,10H2,1-2H3. The molecule has 1 fully saturated rings. The third-order valence-corrected chi connectivity index (χ3v) is 4.01. The molecule has 1 aliphatic rings. The minimum atomic E-state index is -0.196. The molecule has 0 aliphatic carbocycles. The average molecular weight is 290 g/mol. The normalized spacial score (nSPS) is 19.1. The van der Waals surface area contributed by atoms with Gasteiger partial charge in [0.2, 0.25) is 0 Å². The lowest BCUT2D eigenvalue weighted by molar-refractivity contribution is -0.118. The van der Waals surface area contributed by atoms with E-state index in [4.69, 9.17) is 0 Å². The molecule has 0 saturated carbocycles. The van der Waals surface area contributed by atoms with E-state index in [1.165, 1.54) is 10.6 Å². The molecule has 2 rings (SSSR count). The van der Waals surface area contributed by atoms with Gasteiger partial charge in [0.05, 0.1) is 0 Å². The van der Waals surface area contributed by atoms with Crippen LogP contribution in [0.5, 0.6) is 0 Å². The first-order valence-corrected chi connectivity index (χ1v) is 7.46. The minimum Gasteiger partial charge on any atom is -0.335 e. The summed E-state index contributed by atoms with van der Waals surface area (Å²) in [6.45, 7) is 2.22. The number of Topliss-reactive ketones (excluding diaryl/α,β-unsaturated/α-hetero) is 1. The molecule has 0 aromatic carbocycles. The van der Waals surface area contributed by atoms with E-state index in [2.05, 4.69) is 0 Å². The molecule has 5 heteroatoms. The lowest BCUT2D eigenvalue weighted by atomic mass is 10.0. The van der Waals surface area contributed by atoms with Crippen LogP contribution >= 0.6 is 0 Å². The van der Waals surface area contributed by atoms with Gasteiger partial charge in [-0.25, -0.2) is 0 Å². The predicted molar refractivity (Wildman–Crippen MR) is 80.3 cm³/mol. The van der Waals surface area contributed by atoms with Crippen LogP contribution in [0.3, 0.4) is 0 Å². The van der Waals surface area contributed by atoms with E-state index in [-0.39, 0.29) is 23.3 Å². The highest BCUT2D eigenvalue weighted by atomic mass is 16.2. The highest BCUT2D eigenvalue weighted by molar-refractivity contribution is 5.94. The second-order valence-corrected chi connectivity index (χ2v) is 5.77. The molecular weight excluding hydrogens is 268 g/mol. The summed E-state index contributed by atoms with van der Waals surface area (Å²) in [5, 5.41) is 0. The quantitative estimate of drug-likeness (QED) is 0.852. The molecule has 21 heavy (non-hydrogen) atoms. The van der Waals surface area contributed by atoms with Crippen LogP contribution in [0, 0.1) is 0 Å². The van der Waals surface area contributed by atoms with Crippen molar-refractivity contribution in [3.63, 3.8) is 0 Å². The SMILES string of the molecule is CC(=O)CC1CCCCCN1C(=O)c1ccn(C)c(=O)c1. The molecule has 1 saturated heterocycles. The number of likely N-dealkylation sites (tertiary alicyclic amines) is 1. The minimum absolute atomic E-state index is 0.0402. The predicted octanol–water partition coefficient (Wildman–Crippen LogP) is 1.75. The molecule has 1 aliphatic heterocycles. The first-order valence-electron chi connectivity index (χ1n) is 7.46. The van der Waals surface area contributed by atoms with Crippen molar-refractivity contribution in [1.82, 2.24) is 9.47 Å². The Morgan fingerprint density at radius 3 is 2.71 bits per heavy atom. The van der Waals surface area contributed by atoms with E-state index < -0.39 is 0 Å². The van der Waals surface area contributed by atoms with E-state index in [0.717, 1.165) is 25.7 Å². The van der Waals surface area contributed by atoms with Crippen LogP contribution in [-0.2, 0) is 11.8 Å². The van der Waals surface area contributed by atoms with E-state index in [1.807, 2.05) is 0 Å². The molecule has 0 bridgehead atoms. The number of aryl methyl sites for hydroxylation is 1. The fourth-order valence-corrected chi connectivity index (χ4v) is 2.84. The Bertz CT molecular complexity index is 591. The molecule has 0 radical (unpaired) electrons. The van der Waals surface area contributed by atoms with E-state index in [9.17, 15) is 14.4 Å². The molecule has 1 atom stereocenters. The lowest BCUT2D eigenvalue weighted by Crippen LogP contribution is -2.41. The van der Waals surface area contributed by atoms with Gasteiger partial charge < -0.3 is 9.47 Å². The van der Waals surface area contributed by atoms with Crippen LogP contribution < -0.4 is 5.56 Å². The number of hydrogen-bond acceptors (Lipinski definition) is 3. The molecule has 5 nitrogen and oxygen atoms in total. The number of carbonyl (C=O) groups is 2. The Kier molecular flexibility index (Phi) is 4.94. The second kappa shape index (κ2) is 6.70. The zero-order valence-corrected chi connectivity index (χ0v) is 12.7. The number of rotatable bonds is 3. The van der Waals surface area contributed by atoms with E-state index in [1.54, 1.807) is 31.1 Å². The van der Waals surface area contributed by atoms with Gasteiger partial charge in [0.25, 0.3) is 11.5 Å². The molecule has 1 aromatic heterocycles. The summed E-state index contributed by atoms with van der Waals surface area (Å²) >= 11 is 0. The van der Waals surface area contributed by atoms with Gasteiger partial charge in [-0.3, -0.25) is 14.4 Å². The molecule has 1 aromatic rings. The summed E-state index contributed by atoms with van der Waals surface area (Å²) in [5.41, 5.74) is 0.215. The van der Waals surface area contributed by atoms with E-state index in [0.29, 0.717) is 18.5 Å². The number of amides is 1. The summed E-state index contributed by atoms with van der Waals surface area (Å²) in [4.78, 5) is 37.6. The number of nitrogens with zero attached hydrogens (tertiary/aromatic N) is 2. The fourth-order valence-electron chi connectivity index (χ4n) is 2.84. The van der Waals surface area contributed by atoms with Gasteiger partial charge in [0, 0.05) is 43.9 Å². The smallest absolute Gasteiger partial charge is 0.254 e. The number of carbonyl (C=O) groups excluding carboxylic acids is 2. The number of pyridine rings is 1. The number of hydrogen-bond donors (Lipinski definition) is 0. The summed E-state index contributed by atoms with van der Waals surface area (Å²) in [7, 11) is 1.65. The highest BCUT2D eigenvalue weighted by Gasteiger charge is 2.27. The Hall–Kier alpha value is -1.91. The number of ketones is 1. The molecule has 0 N–H and O–H groups in total. The molecule has 2 heterocycles. The molecule has 0 spiro atoms. The molecule has 1 unspecified atom stereocenters. The highest BCUT2D eigenvalue weighted by Crippen LogP contribution is 2.21. The van der Waals surface area contributed by atoms with Crippen LogP contribution in [0.2, 0.25) is 0 Å². The molecular formula is C16H22N2O3. The van der Waals surface area contributed by atoms with Gasteiger partial charge in [-0.15, -0.1) is 0 Å². The summed E-state index contributed by atoms with van der Waals surface area (Å²) in [6.07, 6.45) is 5.93. The van der Waals surface area contributed by atoms with Crippen molar-refractivity contribution in [2.75, 3.05) is 6.54 Å². The van der Waals surface area contributed by atoms with Crippen molar-refractivity contribution in [3.05, 3.63) is 34.2 Å². The van der Waals surface area contributed by atoms with Crippen molar-refractivity contribution < 1.29 is 9.59 Å². The van der Waals surface area contributed by atoms with Gasteiger partial charge in [-0.05, 0) is 25.8 Å². The van der Waals surface area contributed by atoms with Crippen molar-refractivity contribution in [2.45, 2.75) is 45.1 Å². The first-order chi connectivity index (χ1) is 9.99. The van der Waals surface area contributed by atoms with Crippen LogP contribution in [0.1, 0.15) is 49.4 Å². The maximum atomic E-state index is 12.7. The fraction of sp³-hybridized carbons (Fsp3) is 0.562. The van der Waals surface area contributed by atoms with Crippen LogP contribution in [-0.4, -0.2) is 33.7 Å². The Morgan fingerprint density at radius 2 is 2.05 bits per heavy atom. The van der Waals surface area contributed by atoms with Crippen LogP contribution in [0.4, 0.5) is 0 Å². The lowest BCUT2D eigenvalue weighted by Gasteiger charge is -2.29.